The quantitative estimate of drug-likeness (QED) is 0.451. The standard InChI is InChI=1S/C21H21N3O4S/c1-21(2)10-15-8-14(9-18(27-3)19(15)28-21)17-12-29-20(23-17)22-11-13-5-4-6-16(7-13)24(25)26/h4-9,12H,10-11H2,1-3H3,(H,22,23). The SMILES string of the molecule is COc1cc(-c2csc(NCc3cccc([N+](=O)[O-])c3)n2)cc2c1OC(C)(C)C2. The van der Waals surface area contributed by atoms with Crippen LogP contribution in [0.15, 0.2) is 41.8 Å². The van der Waals surface area contributed by atoms with Gasteiger partial charge in [0.2, 0.25) is 0 Å². The monoisotopic (exact) mass is 411 g/mol. The number of nitrogens with one attached hydrogen (secondary N) is 1. The Morgan fingerprint density at radius 3 is 2.93 bits per heavy atom. The van der Waals surface area contributed by atoms with E-state index in [-0.39, 0.29) is 11.3 Å². The molecule has 0 saturated heterocycles. The van der Waals surface area contributed by atoms with Crippen LogP contribution in [0.4, 0.5) is 10.8 Å². The molecule has 150 valence electrons. The number of anilines is 1. The highest BCUT2D eigenvalue weighted by Gasteiger charge is 2.33. The first-order chi connectivity index (χ1) is 13.8. The van der Waals surface area contributed by atoms with Crippen molar-refractivity contribution in [2.45, 2.75) is 32.4 Å². The van der Waals surface area contributed by atoms with Gasteiger partial charge in [0, 0.05) is 41.6 Å². The lowest BCUT2D eigenvalue weighted by molar-refractivity contribution is -0.384. The summed E-state index contributed by atoms with van der Waals surface area (Å²) in [7, 11) is 1.64. The molecule has 1 N–H and O–H groups in total. The van der Waals surface area contributed by atoms with Crippen LogP contribution in [0.2, 0.25) is 0 Å². The predicted molar refractivity (Wildman–Crippen MR) is 113 cm³/mol. The summed E-state index contributed by atoms with van der Waals surface area (Å²) in [5.74, 6) is 1.52. The average Bonchev–Trinajstić information content (AvgIpc) is 3.28. The smallest absolute Gasteiger partial charge is 0.269 e. The summed E-state index contributed by atoms with van der Waals surface area (Å²) in [4.78, 5) is 15.2. The van der Waals surface area contributed by atoms with Gasteiger partial charge in [0.15, 0.2) is 16.6 Å². The minimum absolute atomic E-state index is 0.0829. The minimum Gasteiger partial charge on any atom is -0.493 e. The van der Waals surface area contributed by atoms with Crippen LogP contribution >= 0.6 is 11.3 Å². The summed E-state index contributed by atoms with van der Waals surface area (Å²) >= 11 is 1.49. The highest BCUT2D eigenvalue weighted by molar-refractivity contribution is 7.14. The van der Waals surface area contributed by atoms with Crippen molar-refractivity contribution < 1.29 is 14.4 Å². The first kappa shape index (κ1) is 19.2. The zero-order valence-corrected chi connectivity index (χ0v) is 17.2. The molecule has 7 nitrogen and oxygen atoms in total. The second kappa shape index (κ2) is 7.36. The van der Waals surface area contributed by atoms with Crippen molar-refractivity contribution >= 4 is 22.2 Å². The highest BCUT2D eigenvalue weighted by Crippen LogP contribution is 2.44. The lowest BCUT2D eigenvalue weighted by atomic mass is 9.99. The molecule has 0 atom stereocenters. The molecule has 1 aliphatic heterocycles. The second-order valence-corrected chi connectivity index (χ2v) is 8.38. The van der Waals surface area contributed by atoms with Crippen LogP contribution in [-0.4, -0.2) is 22.6 Å². The Kier molecular flexibility index (Phi) is 4.87. The molecule has 29 heavy (non-hydrogen) atoms. The van der Waals surface area contributed by atoms with Crippen molar-refractivity contribution in [2.75, 3.05) is 12.4 Å². The largest absolute Gasteiger partial charge is 0.493 e. The molecule has 2 aromatic carbocycles. The van der Waals surface area contributed by atoms with E-state index >= 15 is 0 Å². The number of ether oxygens (including phenoxy) is 2. The number of thiazole rings is 1. The summed E-state index contributed by atoms with van der Waals surface area (Å²) in [5, 5.41) is 16.9. The number of nitro groups is 1. The summed E-state index contributed by atoms with van der Waals surface area (Å²) in [6.45, 7) is 4.58. The van der Waals surface area contributed by atoms with E-state index in [1.165, 1.54) is 17.4 Å². The fourth-order valence-corrected chi connectivity index (χ4v) is 4.14. The number of hydrogen-bond donors (Lipinski definition) is 1. The van der Waals surface area contributed by atoms with E-state index in [1.54, 1.807) is 19.2 Å². The molecular formula is C21H21N3O4S. The second-order valence-electron chi connectivity index (χ2n) is 7.52. The van der Waals surface area contributed by atoms with E-state index < -0.39 is 4.92 Å². The topological polar surface area (TPSA) is 86.5 Å². The molecule has 3 aromatic rings. The summed E-state index contributed by atoms with van der Waals surface area (Å²) in [6, 6.07) is 10.6. The molecule has 0 amide bonds. The normalized spacial score (nSPS) is 14.2. The van der Waals surface area contributed by atoms with Crippen LogP contribution in [0.5, 0.6) is 11.5 Å². The Labute approximate surface area is 172 Å². The maximum absolute atomic E-state index is 10.9. The third-order valence-corrected chi connectivity index (χ3v) is 5.51. The Hall–Kier alpha value is -3.13. The first-order valence-corrected chi connectivity index (χ1v) is 10.1. The molecule has 0 bridgehead atoms. The summed E-state index contributed by atoms with van der Waals surface area (Å²) in [5.41, 5.74) is 3.60. The first-order valence-electron chi connectivity index (χ1n) is 9.18. The number of nitro benzene ring substituents is 1. The van der Waals surface area contributed by atoms with Crippen molar-refractivity contribution in [1.82, 2.24) is 4.98 Å². The van der Waals surface area contributed by atoms with Gasteiger partial charge >= 0.3 is 0 Å². The van der Waals surface area contributed by atoms with Crippen molar-refractivity contribution in [3.63, 3.8) is 0 Å². The number of rotatable bonds is 6. The van der Waals surface area contributed by atoms with E-state index in [1.807, 2.05) is 17.5 Å². The van der Waals surface area contributed by atoms with Crippen LogP contribution in [0, 0.1) is 10.1 Å². The Morgan fingerprint density at radius 1 is 1.34 bits per heavy atom. The fraction of sp³-hybridized carbons (Fsp3) is 0.286. The number of fused-ring (bicyclic) bond motifs is 1. The van der Waals surface area contributed by atoms with Gasteiger partial charge in [0.1, 0.15) is 5.60 Å². The number of non-ortho nitro benzene ring substituents is 1. The molecule has 0 spiro atoms. The highest BCUT2D eigenvalue weighted by atomic mass is 32.1. The number of benzene rings is 2. The van der Waals surface area contributed by atoms with E-state index in [0.717, 1.165) is 39.7 Å². The molecule has 0 saturated carbocycles. The summed E-state index contributed by atoms with van der Waals surface area (Å²) < 4.78 is 11.6. The predicted octanol–water partition coefficient (Wildman–Crippen LogP) is 5.05. The minimum atomic E-state index is -0.392. The van der Waals surface area contributed by atoms with E-state index in [4.69, 9.17) is 9.47 Å². The van der Waals surface area contributed by atoms with E-state index in [2.05, 4.69) is 30.2 Å². The van der Waals surface area contributed by atoms with Gasteiger partial charge in [-0.3, -0.25) is 10.1 Å². The maximum atomic E-state index is 10.9. The molecule has 0 radical (unpaired) electrons. The molecule has 0 unspecified atom stereocenters. The van der Waals surface area contributed by atoms with Crippen molar-refractivity contribution in [2.24, 2.45) is 0 Å². The van der Waals surface area contributed by atoms with Gasteiger partial charge in [-0.25, -0.2) is 4.98 Å². The summed E-state index contributed by atoms with van der Waals surface area (Å²) in [6.07, 6.45) is 0.814. The van der Waals surface area contributed by atoms with E-state index in [9.17, 15) is 10.1 Å². The number of aromatic nitrogens is 1. The molecule has 1 aromatic heterocycles. The molecule has 2 heterocycles. The number of hydrogen-bond acceptors (Lipinski definition) is 7. The lowest BCUT2D eigenvalue weighted by Gasteiger charge is -2.17. The van der Waals surface area contributed by atoms with Crippen LogP contribution in [0.25, 0.3) is 11.3 Å². The molecule has 8 heteroatoms. The molecular weight excluding hydrogens is 390 g/mol. The average molecular weight is 411 g/mol. The van der Waals surface area contributed by atoms with Gasteiger partial charge in [-0.2, -0.15) is 0 Å². The fourth-order valence-electron chi connectivity index (χ4n) is 3.42. The number of methoxy groups -OCH3 is 1. The molecule has 0 fully saturated rings. The van der Waals surface area contributed by atoms with Crippen molar-refractivity contribution in [3.8, 4) is 22.8 Å². The zero-order chi connectivity index (χ0) is 20.6. The van der Waals surface area contributed by atoms with Gasteiger partial charge in [-0.15, -0.1) is 11.3 Å². The molecule has 1 aliphatic rings. The van der Waals surface area contributed by atoms with Crippen LogP contribution in [0.1, 0.15) is 25.0 Å². The van der Waals surface area contributed by atoms with Gasteiger partial charge in [-0.1, -0.05) is 12.1 Å². The Morgan fingerprint density at radius 2 is 2.17 bits per heavy atom. The van der Waals surface area contributed by atoms with E-state index in [0.29, 0.717) is 12.3 Å². The van der Waals surface area contributed by atoms with Gasteiger partial charge < -0.3 is 14.8 Å². The van der Waals surface area contributed by atoms with Gasteiger partial charge in [-0.05, 0) is 31.5 Å². The zero-order valence-electron chi connectivity index (χ0n) is 16.4. The number of nitrogens with zero attached hydrogens (tertiary/aromatic N) is 2. The van der Waals surface area contributed by atoms with Gasteiger partial charge in [0.25, 0.3) is 5.69 Å². The molecule has 4 rings (SSSR count). The van der Waals surface area contributed by atoms with Crippen LogP contribution in [-0.2, 0) is 13.0 Å². The lowest BCUT2D eigenvalue weighted by Crippen LogP contribution is -2.24. The Bertz CT molecular complexity index is 1080. The third-order valence-electron chi connectivity index (χ3n) is 4.71. The van der Waals surface area contributed by atoms with Crippen LogP contribution < -0.4 is 14.8 Å². The van der Waals surface area contributed by atoms with Crippen molar-refractivity contribution in [1.29, 1.82) is 0 Å². The third kappa shape index (κ3) is 4.02. The van der Waals surface area contributed by atoms with Crippen LogP contribution in [0.3, 0.4) is 0 Å². The van der Waals surface area contributed by atoms with Crippen molar-refractivity contribution in [3.05, 3.63) is 63.0 Å². The maximum Gasteiger partial charge on any atom is 0.269 e. The Balaban J connectivity index is 1.53. The van der Waals surface area contributed by atoms with Gasteiger partial charge in [0.05, 0.1) is 17.7 Å². The molecule has 0 aliphatic carbocycles.